The van der Waals surface area contributed by atoms with Crippen molar-refractivity contribution in [3.63, 3.8) is 0 Å². The van der Waals surface area contributed by atoms with E-state index in [-0.39, 0.29) is 42.8 Å². The van der Waals surface area contributed by atoms with Crippen LogP contribution in [0.15, 0.2) is 17.1 Å². The van der Waals surface area contributed by atoms with Crippen molar-refractivity contribution in [3.8, 4) is 0 Å². The van der Waals surface area contributed by atoms with Crippen molar-refractivity contribution in [1.82, 2.24) is 9.80 Å². The van der Waals surface area contributed by atoms with Gasteiger partial charge in [-0.3, -0.25) is 9.59 Å². The summed E-state index contributed by atoms with van der Waals surface area (Å²) < 4.78 is 24.3. The Labute approximate surface area is 221 Å². The Morgan fingerprint density at radius 1 is 1.22 bits per heavy atom. The average molecular weight is 524 g/mol. The molecule has 0 radical (unpaired) electrons. The third-order valence-corrected chi connectivity index (χ3v) is 7.39. The highest BCUT2D eigenvalue weighted by atomic mass is 16.7. The number of rotatable bonds is 3. The summed E-state index contributed by atoms with van der Waals surface area (Å²) in [5.41, 5.74) is -1.22. The molecule has 3 heterocycles. The molecular weight excluding hydrogens is 478 g/mol. The molecule has 0 aliphatic carbocycles. The van der Waals surface area contributed by atoms with Gasteiger partial charge >= 0.3 is 5.97 Å². The first-order valence-electron chi connectivity index (χ1n) is 13.5. The summed E-state index contributed by atoms with van der Waals surface area (Å²) in [7, 11) is 3.68. The Hall–Kier alpha value is -2.17. The van der Waals surface area contributed by atoms with Gasteiger partial charge in [-0.2, -0.15) is 0 Å². The van der Waals surface area contributed by atoms with Gasteiger partial charge in [0.25, 0.3) is 6.02 Å². The maximum Gasteiger partial charge on any atom is 0.308 e. The summed E-state index contributed by atoms with van der Waals surface area (Å²) in [6.07, 6.45) is 3.87. The first-order valence-corrected chi connectivity index (χ1v) is 13.5. The summed E-state index contributed by atoms with van der Waals surface area (Å²) >= 11 is 0. The van der Waals surface area contributed by atoms with Crippen molar-refractivity contribution >= 4 is 17.9 Å². The summed E-state index contributed by atoms with van der Waals surface area (Å²) in [6, 6.07) is 0.698. The molecule has 0 aromatic heterocycles. The number of cyclic esters (lactones) is 1. The molecule has 0 saturated carbocycles. The maximum absolute atomic E-state index is 12.5. The maximum atomic E-state index is 12.5. The van der Waals surface area contributed by atoms with Crippen LogP contribution in [0.3, 0.4) is 0 Å². The van der Waals surface area contributed by atoms with Gasteiger partial charge in [-0.1, -0.05) is 6.92 Å². The number of hydrogen-bond acceptors (Lipinski definition) is 8. The van der Waals surface area contributed by atoms with Crippen LogP contribution in [0.2, 0.25) is 0 Å². The zero-order chi connectivity index (χ0) is 27.3. The Bertz CT molecular complexity index is 859. The number of amides is 1. The van der Waals surface area contributed by atoms with Crippen molar-refractivity contribution in [2.75, 3.05) is 27.2 Å². The van der Waals surface area contributed by atoms with Crippen molar-refractivity contribution < 1.29 is 33.6 Å². The third-order valence-electron chi connectivity index (χ3n) is 7.39. The smallest absolute Gasteiger partial charge is 0.308 e. The van der Waals surface area contributed by atoms with Gasteiger partial charge in [-0.05, 0) is 65.9 Å². The lowest BCUT2D eigenvalue weighted by Gasteiger charge is -2.41. The zero-order valence-electron chi connectivity index (χ0n) is 23.4. The van der Waals surface area contributed by atoms with E-state index in [1.54, 1.807) is 31.9 Å². The number of amidine groups is 1. The third kappa shape index (κ3) is 7.67. The number of carbonyl (C=O) groups is 2. The first kappa shape index (κ1) is 29.4. The van der Waals surface area contributed by atoms with Crippen LogP contribution in [-0.4, -0.2) is 102 Å². The fourth-order valence-electron chi connectivity index (χ4n) is 5.03. The normalized spacial score (nSPS) is 38.6. The molecule has 0 aromatic carbocycles. The van der Waals surface area contributed by atoms with E-state index in [9.17, 15) is 14.7 Å². The Morgan fingerprint density at radius 3 is 2.65 bits per heavy atom. The number of ether oxygens (including phenoxy) is 4. The van der Waals surface area contributed by atoms with Crippen LogP contribution in [0.1, 0.15) is 66.7 Å². The molecule has 0 spiro atoms. The van der Waals surface area contributed by atoms with Crippen LogP contribution >= 0.6 is 0 Å². The minimum Gasteiger partial charge on any atom is -0.461 e. The fraction of sp³-hybridized carbons (Fsp3) is 0.815. The lowest BCUT2D eigenvalue weighted by Crippen LogP contribution is -2.54. The second-order valence-electron chi connectivity index (χ2n) is 11.2. The highest BCUT2D eigenvalue weighted by Gasteiger charge is 2.50. The van der Waals surface area contributed by atoms with Crippen molar-refractivity contribution in [2.24, 2.45) is 10.9 Å². The van der Waals surface area contributed by atoms with Crippen LogP contribution in [0.4, 0.5) is 0 Å². The van der Waals surface area contributed by atoms with Crippen LogP contribution in [0.5, 0.6) is 0 Å². The van der Waals surface area contributed by atoms with Crippen molar-refractivity contribution in [3.05, 3.63) is 12.2 Å². The predicted molar refractivity (Wildman–Crippen MR) is 139 cm³/mol. The van der Waals surface area contributed by atoms with Crippen molar-refractivity contribution in [1.29, 1.82) is 0 Å². The number of aliphatic imine (C=N–C) groups is 1. The number of aliphatic hydroxyl groups is 1. The Morgan fingerprint density at radius 2 is 1.95 bits per heavy atom. The van der Waals surface area contributed by atoms with Gasteiger partial charge < -0.3 is 33.9 Å². The van der Waals surface area contributed by atoms with E-state index < -0.39 is 23.9 Å². The predicted octanol–water partition coefficient (Wildman–Crippen LogP) is 2.49. The molecule has 2 fully saturated rings. The van der Waals surface area contributed by atoms with Crippen LogP contribution in [-0.2, 0) is 28.5 Å². The van der Waals surface area contributed by atoms with Gasteiger partial charge in [0.05, 0.1) is 29.8 Å². The summed E-state index contributed by atoms with van der Waals surface area (Å²) in [6.45, 7) is 10.1. The highest BCUT2D eigenvalue weighted by molar-refractivity contribution is 5.87. The number of carbonyl (C=O) groups excluding carboxylic acids is 2. The quantitative estimate of drug-likeness (QED) is 0.562. The summed E-state index contributed by atoms with van der Waals surface area (Å²) in [5.74, 6) is -0.920. The topological polar surface area (TPSA) is 110 Å². The minimum atomic E-state index is -1.22. The van der Waals surface area contributed by atoms with Gasteiger partial charge in [0.2, 0.25) is 5.91 Å². The Kier molecular flexibility index (Phi) is 9.99. The van der Waals surface area contributed by atoms with E-state index in [2.05, 4.69) is 4.99 Å². The lowest BCUT2D eigenvalue weighted by molar-refractivity contribution is -0.275. The molecule has 1 N–H and O–H groups in total. The van der Waals surface area contributed by atoms with Gasteiger partial charge in [-0.25, -0.2) is 4.99 Å². The molecule has 10 heteroatoms. The highest BCUT2D eigenvalue weighted by Crippen LogP contribution is 2.35. The summed E-state index contributed by atoms with van der Waals surface area (Å²) in [5, 5.41) is 11.6. The summed E-state index contributed by atoms with van der Waals surface area (Å²) in [4.78, 5) is 33.0. The molecule has 0 aromatic rings. The molecular formula is C27H45N3O7. The second-order valence-corrected chi connectivity index (χ2v) is 11.2. The van der Waals surface area contributed by atoms with Crippen LogP contribution in [0, 0.1) is 5.92 Å². The largest absolute Gasteiger partial charge is 0.461 e. The van der Waals surface area contributed by atoms with Gasteiger partial charge in [0.1, 0.15) is 6.61 Å². The van der Waals surface area contributed by atoms with E-state index in [0.717, 1.165) is 6.42 Å². The van der Waals surface area contributed by atoms with E-state index >= 15 is 0 Å². The van der Waals surface area contributed by atoms with E-state index in [0.29, 0.717) is 38.2 Å². The molecule has 7 atom stereocenters. The molecule has 2 saturated heterocycles. The number of esters is 1. The molecule has 3 aliphatic rings. The monoisotopic (exact) mass is 523 g/mol. The van der Waals surface area contributed by atoms with Crippen LogP contribution in [0.25, 0.3) is 0 Å². The number of likely N-dealkylation sites (N-methyl/N-ethyl adjacent to an activating group) is 2. The van der Waals surface area contributed by atoms with Crippen molar-refractivity contribution in [2.45, 2.75) is 109 Å². The van der Waals surface area contributed by atoms with E-state index in [4.69, 9.17) is 18.9 Å². The van der Waals surface area contributed by atoms with Gasteiger partial charge in [0, 0.05) is 32.8 Å². The fourth-order valence-corrected chi connectivity index (χ4v) is 5.03. The lowest BCUT2D eigenvalue weighted by atomic mass is 9.88. The SMILES string of the molecule is CC(C)/N=C1\O[C@H]2[C@H](O[C@@H]3CC[C@@H](C)C(=O)OC/C=C/C(=O)N(C)CCC[C@@]3(C)O)O[C@H](C)C[C@@H]2N1C. The zero-order valence-corrected chi connectivity index (χ0v) is 23.4. The average Bonchev–Trinajstić information content (AvgIpc) is 3.12. The second kappa shape index (κ2) is 12.6. The molecule has 1 amide bonds. The minimum absolute atomic E-state index is 0.0412. The van der Waals surface area contributed by atoms with E-state index in [1.807, 2.05) is 32.7 Å². The first-order chi connectivity index (χ1) is 17.4. The molecule has 0 unspecified atom stereocenters. The number of fused-ring (bicyclic) bond motifs is 1. The molecule has 3 rings (SSSR count). The Balaban J connectivity index is 1.80. The molecule has 210 valence electrons. The molecule has 37 heavy (non-hydrogen) atoms. The number of hydrogen-bond donors (Lipinski definition) is 1. The molecule has 0 bridgehead atoms. The molecule has 10 nitrogen and oxygen atoms in total. The number of nitrogens with zero attached hydrogens (tertiary/aromatic N) is 3. The standard InChI is InChI=1S/C27H45N3O7/c1-17(2)28-26-30(7)20-16-19(4)35-25(23(20)37-26)36-21-12-11-18(3)24(32)34-15-8-10-22(31)29(6)14-9-13-27(21,5)33/h8,10,17-21,23,25,33H,9,11-16H2,1-7H3/b10-8+,28-26-/t18-,19-,20+,21-,23-,25+,27-/m1/s1. The van der Waals surface area contributed by atoms with Gasteiger partial charge in [-0.15, -0.1) is 0 Å². The van der Waals surface area contributed by atoms with Gasteiger partial charge in [0.15, 0.2) is 12.4 Å². The van der Waals surface area contributed by atoms with Crippen LogP contribution < -0.4 is 0 Å². The van der Waals surface area contributed by atoms with E-state index in [1.165, 1.54) is 6.08 Å². The molecule has 3 aliphatic heterocycles.